The molecule has 0 aromatic carbocycles. The first-order chi connectivity index (χ1) is 5.54. The first kappa shape index (κ1) is 10.2. The predicted octanol–water partition coefficient (Wildman–Crippen LogP) is 0.469. The first-order valence-corrected chi connectivity index (χ1v) is 3.07. The van der Waals surface area contributed by atoms with Gasteiger partial charge in [0.15, 0.2) is 5.76 Å². The lowest BCUT2D eigenvalue weighted by atomic mass is 10.4. The third-order valence-corrected chi connectivity index (χ3v) is 0.764. The molecule has 12 heavy (non-hydrogen) atoms. The van der Waals surface area contributed by atoms with Gasteiger partial charge in [-0.25, -0.2) is 0 Å². The number of carbonyl (C=O) groups excluding carboxylic acids is 1. The average molecular weight is 171 g/mol. The number of aliphatic carboxylic acids is 1. The molecule has 1 aromatic rings. The number of hydrogen-bond acceptors (Lipinski definition) is 3. The molecular weight excluding hydrogens is 162 g/mol. The van der Waals surface area contributed by atoms with Crippen LogP contribution in [-0.2, 0) is 4.79 Å². The van der Waals surface area contributed by atoms with E-state index in [1.54, 1.807) is 6.07 Å². The van der Waals surface area contributed by atoms with Crippen LogP contribution in [0.2, 0.25) is 0 Å². The lowest BCUT2D eigenvalue weighted by molar-refractivity contribution is -0.134. The van der Waals surface area contributed by atoms with E-state index in [0.29, 0.717) is 0 Å². The summed E-state index contributed by atoms with van der Waals surface area (Å²) in [5.41, 5.74) is 4.83. The van der Waals surface area contributed by atoms with Gasteiger partial charge in [0.2, 0.25) is 0 Å². The number of hydrogen-bond donors (Lipinski definition) is 2. The Morgan fingerprint density at radius 1 is 1.58 bits per heavy atom. The van der Waals surface area contributed by atoms with Gasteiger partial charge in [0.05, 0.1) is 6.26 Å². The summed E-state index contributed by atoms with van der Waals surface area (Å²) in [5.74, 6) is -1.17. The van der Waals surface area contributed by atoms with Crippen molar-refractivity contribution in [1.82, 2.24) is 0 Å². The number of carbonyl (C=O) groups is 2. The van der Waals surface area contributed by atoms with E-state index in [1.165, 1.54) is 12.3 Å². The molecule has 0 aliphatic carbocycles. The molecule has 0 aliphatic rings. The van der Waals surface area contributed by atoms with Crippen LogP contribution in [-0.4, -0.2) is 17.0 Å². The molecule has 0 atom stereocenters. The molecule has 66 valence electrons. The summed E-state index contributed by atoms with van der Waals surface area (Å²) in [6.07, 6.45) is 1.40. The van der Waals surface area contributed by atoms with Crippen LogP contribution >= 0.6 is 0 Å². The van der Waals surface area contributed by atoms with Gasteiger partial charge in [0.1, 0.15) is 0 Å². The minimum absolute atomic E-state index is 0.199. The van der Waals surface area contributed by atoms with Gasteiger partial charge < -0.3 is 15.3 Å². The number of primary amides is 1. The average Bonchev–Trinajstić information content (AvgIpc) is 2.34. The zero-order valence-electron chi connectivity index (χ0n) is 6.48. The van der Waals surface area contributed by atoms with E-state index in [-0.39, 0.29) is 5.76 Å². The summed E-state index contributed by atoms with van der Waals surface area (Å²) < 4.78 is 4.62. The van der Waals surface area contributed by atoms with E-state index in [9.17, 15) is 4.79 Å². The van der Waals surface area contributed by atoms with Gasteiger partial charge in [-0.15, -0.1) is 0 Å². The number of carboxylic acids is 1. The van der Waals surface area contributed by atoms with Crippen molar-refractivity contribution >= 4 is 11.9 Å². The highest BCUT2D eigenvalue weighted by molar-refractivity contribution is 5.89. The van der Waals surface area contributed by atoms with Gasteiger partial charge >= 0.3 is 0 Å². The second-order valence-electron chi connectivity index (χ2n) is 1.86. The van der Waals surface area contributed by atoms with Crippen molar-refractivity contribution in [3.8, 4) is 0 Å². The van der Waals surface area contributed by atoms with E-state index in [0.717, 1.165) is 6.92 Å². The molecule has 0 fully saturated rings. The van der Waals surface area contributed by atoms with Gasteiger partial charge in [-0.05, 0) is 12.1 Å². The van der Waals surface area contributed by atoms with Gasteiger partial charge in [-0.3, -0.25) is 9.59 Å². The maximum Gasteiger partial charge on any atom is 0.300 e. The van der Waals surface area contributed by atoms with Crippen molar-refractivity contribution in [3.63, 3.8) is 0 Å². The Labute approximate surface area is 68.8 Å². The van der Waals surface area contributed by atoms with Crippen LogP contribution in [0.1, 0.15) is 17.5 Å². The number of amides is 1. The molecule has 5 nitrogen and oxygen atoms in total. The zero-order chi connectivity index (χ0) is 9.56. The molecule has 1 heterocycles. The molecule has 5 heteroatoms. The molecular formula is C7H9NO4. The molecule has 0 spiro atoms. The molecule has 0 radical (unpaired) electrons. The van der Waals surface area contributed by atoms with Crippen LogP contribution in [0.25, 0.3) is 0 Å². The summed E-state index contributed by atoms with van der Waals surface area (Å²) in [5, 5.41) is 7.42. The Hall–Kier alpha value is -1.78. The quantitative estimate of drug-likeness (QED) is 0.642. The molecule has 0 bridgehead atoms. The molecule has 0 saturated carbocycles. The van der Waals surface area contributed by atoms with Crippen LogP contribution in [0, 0.1) is 0 Å². The van der Waals surface area contributed by atoms with Crippen LogP contribution in [0.5, 0.6) is 0 Å². The molecule has 3 N–H and O–H groups in total. The lowest BCUT2D eigenvalue weighted by Gasteiger charge is -1.80. The smallest absolute Gasteiger partial charge is 0.300 e. The zero-order valence-corrected chi connectivity index (χ0v) is 6.48. The Balaban J connectivity index is 0.000000261. The highest BCUT2D eigenvalue weighted by atomic mass is 16.4. The highest BCUT2D eigenvalue weighted by Crippen LogP contribution is 1.96. The van der Waals surface area contributed by atoms with Crippen LogP contribution in [0.15, 0.2) is 22.8 Å². The minimum Gasteiger partial charge on any atom is -0.481 e. The molecule has 1 amide bonds. The third-order valence-electron chi connectivity index (χ3n) is 0.764. The Bertz CT molecular complexity index is 248. The second-order valence-corrected chi connectivity index (χ2v) is 1.86. The Kier molecular flexibility index (Phi) is 4.21. The van der Waals surface area contributed by atoms with Crippen LogP contribution in [0.4, 0.5) is 0 Å². The van der Waals surface area contributed by atoms with Crippen LogP contribution in [0.3, 0.4) is 0 Å². The van der Waals surface area contributed by atoms with Crippen molar-refractivity contribution in [2.24, 2.45) is 5.73 Å². The topological polar surface area (TPSA) is 93.5 Å². The largest absolute Gasteiger partial charge is 0.481 e. The van der Waals surface area contributed by atoms with Crippen molar-refractivity contribution < 1.29 is 19.1 Å². The lowest BCUT2D eigenvalue weighted by Crippen LogP contribution is -2.08. The second kappa shape index (κ2) is 4.95. The van der Waals surface area contributed by atoms with E-state index in [4.69, 9.17) is 15.6 Å². The minimum atomic E-state index is -0.833. The van der Waals surface area contributed by atoms with Gasteiger partial charge in [-0.1, -0.05) is 0 Å². The fourth-order valence-electron chi connectivity index (χ4n) is 0.419. The summed E-state index contributed by atoms with van der Waals surface area (Å²) in [7, 11) is 0. The fraction of sp³-hybridized carbons (Fsp3) is 0.143. The van der Waals surface area contributed by atoms with E-state index in [1.807, 2.05) is 0 Å². The van der Waals surface area contributed by atoms with Gasteiger partial charge in [0.25, 0.3) is 11.9 Å². The number of furan rings is 1. The van der Waals surface area contributed by atoms with Crippen molar-refractivity contribution in [2.75, 3.05) is 0 Å². The van der Waals surface area contributed by atoms with Crippen LogP contribution < -0.4 is 5.73 Å². The standard InChI is InChI=1S/C5H5NO2.C2H4O2/c6-5(7)4-2-1-3-8-4;1-2(3)4/h1-3H,(H2,6,7);1H3,(H,3,4). The maximum atomic E-state index is 10.2. The number of nitrogens with two attached hydrogens (primary N) is 1. The number of carboxylic acid groups (broad SMARTS) is 1. The summed E-state index contributed by atoms with van der Waals surface area (Å²) >= 11 is 0. The third kappa shape index (κ3) is 5.04. The summed E-state index contributed by atoms with van der Waals surface area (Å²) in [6.45, 7) is 1.08. The van der Waals surface area contributed by atoms with E-state index in [2.05, 4.69) is 4.42 Å². The monoisotopic (exact) mass is 171 g/mol. The molecule has 0 unspecified atom stereocenters. The van der Waals surface area contributed by atoms with Crippen molar-refractivity contribution in [3.05, 3.63) is 24.2 Å². The highest BCUT2D eigenvalue weighted by Gasteiger charge is 1.98. The molecule has 0 saturated heterocycles. The van der Waals surface area contributed by atoms with Gasteiger partial charge in [0, 0.05) is 6.92 Å². The van der Waals surface area contributed by atoms with Gasteiger partial charge in [-0.2, -0.15) is 0 Å². The molecule has 1 aromatic heterocycles. The summed E-state index contributed by atoms with van der Waals surface area (Å²) in [4.78, 5) is 19.2. The SMILES string of the molecule is CC(=O)O.NC(=O)c1ccco1. The van der Waals surface area contributed by atoms with E-state index < -0.39 is 11.9 Å². The van der Waals surface area contributed by atoms with Crippen molar-refractivity contribution in [2.45, 2.75) is 6.92 Å². The summed E-state index contributed by atoms with van der Waals surface area (Å²) in [6, 6.07) is 3.13. The Morgan fingerprint density at radius 3 is 2.25 bits per heavy atom. The molecule has 0 aliphatic heterocycles. The first-order valence-electron chi connectivity index (χ1n) is 3.07. The number of rotatable bonds is 1. The maximum absolute atomic E-state index is 10.2. The molecule has 1 rings (SSSR count). The van der Waals surface area contributed by atoms with Crippen molar-refractivity contribution in [1.29, 1.82) is 0 Å². The predicted molar refractivity (Wildman–Crippen MR) is 40.5 cm³/mol. The van der Waals surface area contributed by atoms with E-state index >= 15 is 0 Å². The fourth-order valence-corrected chi connectivity index (χ4v) is 0.419. The Morgan fingerprint density at radius 2 is 2.08 bits per heavy atom. The normalized spacial score (nSPS) is 8.08.